The minimum absolute atomic E-state index is 0.151. The number of hydrogen-bond acceptors (Lipinski definition) is 5. The molecular weight excluding hydrogens is 494 g/mol. The van der Waals surface area contributed by atoms with Crippen LogP contribution in [0.1, 0.15) is 42.1 Å². The second-order valence-corrected chi connectivity index (χ2v) is 8.51. The van der Waals surface area contributed by atoms with Gasteiger partial charge in [-0.15, -0.1) is 0 Å². The topological polar surface area (TPSA) is 83.3 Å². The number of nitrogens with two attached hydrogens (primary N) is 1. The summed E-state index contributed by atoms with van der Waals surface area (Å²) >= 11 is 10.2. The maximum absolute atomic E-state index is 12.8. The van der Waals surface area contributed by atoms with E-state index in [1.54, 1.807) is 19.5 Å². The number of aromatic nitrogens is 2. The van der Waals surface area contributed by atoms with Crippen molar-refractivity contribution in [2.75, 3.05) is 12.3 Å². The number of benzene rings is 1. The van der Waals surface area contributed by atoms with Crippen molar-refractivity contribution in [2.24, 2.45) is 0 Å². The van der Waals surface area contributed by atoms with Crippen LogP contribution in [0, 0.1) is 0 Å². The molecule has 0 atom stereocenters. The number of ether oxygens (including phenoxy) is 1. The second-order valence-electron chi connectivity index (χ2n) is 7.36. The number of aryl methyl sites for hydroxylation is 1. The van der Waals surface area contributed by atoms with Crippen LogP contribution in [0.5, 0.6) is 0 Å². The first-order valence-electron chi connectivity index (χ1n) is 10.4. The Hall–Kier alpha value is -2.77. The Balaban J connectivity index is 1.96. The van der Waals surface area contributed by atoms with Gasteiger partial charge >= 0.3 is 5.97 Å². The van der Waals surface area contributed by atoms with Crippen LogP contribution in [0.15, 0.2) is 51.7 Å². The molecule has 0 amide bonds. The Bertz CT molecular complexity index is 1250. The summed E-state index contributed by atoms with van der Waals surface area (Å²) < 4.78 is 13.5. The predicted octanol–water partition coefficient (Wildman–Crippen LogP) is 6.42. The monoisotopic (exact) mass is 515 g/mol. The Morgan fingerprint density at radius 3 is 2.72 bits per heavy atom. The number of anilines is 1. The first-order valence-corrected chi connectivity index (χ1v) is 11.6. The summed E-state index contributed by atoms with van der Waals surface area (Å²) in [6, 6.07) is 9.62. The van der Waals surface area contributed by atoms with Crippen molar-refractivity contribution in [3.05, 3.63) is 69.6 Å². The maximum Gasteiger partial charge on any atom is 0.358 e. The molecule has 0 saturated heterocycles. The van der Waals surface area contributed by atoms with Crippen molar-refractivity contribution >= 4 is 39.2 Å². The Kier molecular flexibility index (Phi) is 6.58. The largest absolute Gasteiger partial charge is 0.472 e. The molecule has 2 heterocycles. The van der Waals surface area contributed by atoms with E-state index in [4.69, 9.17) is 26.5 Å². The summed E-state index contributed by atoms with van der Waals surface area (Å²) in [6.07, 6.45) is 4.87. The molecule has 32 heavy (non-hydrogen) atoms. The van der Waals surface area contributed by atoms with E-state index in [1.165, 1.54) is 0 Å². The van der Waals surface area contributed by atoms with Crippen molar-refractivity contribution < 1.29 is 13.9 Å². The molecule has 4 rings (SSSR count). The lowest BCUT2D eigenvalue weighted by atomic mass is 10.0. The van der Waals surface area contributed by atoms with Crippen molar-refractivity contribution in [1.29, 1.82) is 0 Å². The number of nitrogens with zero attached hydrogens (tertiary/aromatic N) is 2. The molecule has 8 heteroatoms. The van der Waals surface area contributed by atoms with Gasteiger partial charge in [0.1, 0.15) is 5.82 Å². The molecule has 1 aliphatic heterocycles. The van der Waals surface area contributed by atoms with Crippen LogP contribution in [-0.4, -0.2) is 22.1 Å². The first kappa shape index (κ1) is 22.4. The van der Waals surface area contributed by atoms with Crippen LogP contribution in [0.4, 0.5) is 5.69 Å². The van der Waals surface area contributed by atoms with Crippen molar-refractivity contribution in [3.63, 3.8) is 0 Å². The van der Waals surface area contributed by atoms with Gasteiger partial charge in [-0.2, -0.15) is 0 Å². The number of imidazole rings is 1. The third-order valence-corrected chi connectivity index (χ3v) is 6.45. The molecule has 6 nitrogen and oxygen atoms in total. The Morgan fingerprint density at radius 2 is 2.00 bits per heavy atom. The molecule has 0 unspecified atom stereocenters. The van der Waals surface area contributed by atoms with E-state index in [2.05, 4.69) is 27.8 Å². The standard InChI is InChI=1S/C24H23BrClN3O3/c1-3-7-19-28-23(26)22(24(30)32-4-2)29(19)12-16-14-10-11-31-13-17(14)21(25)20(16)15-8-5-6-9-18(15)27/h5-6,8-11,13H,3-4,7,12,27H2,1-2H3. The molecule has 2 N–H and O–H groups in total. The number of hydrogen-bond donors (Lipinski definition) is 1. The number of para-hydroxylation sites is 1. The predicted molar refractivity (Wildman–Crippen MR) is 129 cm³/mol. The highest BCUT2D eigenvalue weighted by molar-refractivity contribution is 9.10. The van der Waals surface area contributed by atoms with Crippen LogP contribution in [-0.2, 0) is 17.7 Å². The molecule has 1 aromatic heterocycles. The molecular formula is C24H23BrClN3O3. The number of rotatable bonds is 7. The minimum Gasteiger partial charge on any atom is -0.472 e. The fourth-order valence-corrected chi connectivity index (χ4v) is 5.01. The quantitative estimate of drug-likeness (QED) is 0.226. The number of halogens is 2. The third kappa shape index (κ3) is 3.91. The van der Waals surface area contributed by atoms with Gasteiger partial charge in [0.05, 0.1) is 25.7 Å². The molecule has 1 aliphatic carbocycles. The van der Waals surface area contributed by atoms with E-state index >= 15 is 0 Å². The van der Waals surface area contributed by atoms with Crippen molar-refractivity contribution in [3.8, 4) is 22.3 Å². The summed E-state index contributed by atoms with van der Waals surface area (Å²) in [5.41, 5.74) is 12.0. The normalized spacial score (nSPS) is 11.2. The minimum atomic E-state index is -0.488. The molecule has 166 valence electrons. The summed E-state index contributed by atoms with van der Waals surface area (Å²) in [4.78, 5) is 17.2. The van der Waals surface area contributed by atoms with Gasteiger partial charge in [0.15, 0.2) is 10.8 Å². The number of carbonyl (C=O) groups excluding carboxylic acids is 1. The number of carbonyl (C=O) groups is 1. The highest BCUT2D eigenvalue weighted by Gasteiger charge is 2.28. The summed E-state index contributed by atoms with van der Waals surface area (Å²) in [7, 11) is 0. The number of fused-ring (bicyclic) bond motifs is 1. The van der Waals surface area contributed by atoms with Crippen molar-refractivity contribution in [1.82, 2.24) is 9.55 Å². The van der Waals surface area contributed by atoms with Gasteiger partial charge in [0.2, 0.25) is 0 Å². The van der Waals surface area contributed by atoms with E-state index in [-0.39, 0.29) is 17.5 Å². The van der Waals surface area contributed by atoms with Gasteiger partial charge in [-0.05, 0) is 52.5 Å². The summed E-state index contributed by atoms with van der Waals surface area (Å²) in [5.74, 6) is 0.247. The third-order valence-electron chi connectivity index (χ3n) is 5.37. The van der Waals surface area contributed by atoms with Crippen LogP contribution >= 0.6 is 27.5 Å². The first-order chi connectivity index (χ1) is 15.5. The lowest BCUT2D eigenvalue weighted by Gasteiger charge is -2.15. The molecule has 2 aromatic rings. The molecule has 1 aromatic carbocycles. The smallest absolute Gasteiger partial charge is 0.358 e. The van der Waals surface area contributed by atoms with Gasteiger partial charge < -0.3 is 19.5 Å². The zero-order valence-electron chi connectivity index (χ0n) is 17.8. The average molecular weight is 517 g/mol. The fraction of sp³-hybridized carbons (Fsp3) is 0.250. The Labute approximate surface area is 199 Å². The van der Waals surface area contributed by atoms with Gasteiger partial charge in [-0.3, -0.25) is 0 Å². The molecule has 0 bridgehead atoms. The van der Waals surface area contributed by atoms with E-state index in [0.29, 0.717) is 18.7 Å². The van der Waals surface area contributed by atoms with Crippen LogP contribution in [0.3, 0.4) is 0 Å². The van der Waals surface area contributed by atoms with Crippen molar-refractivity contribution in [2.45, 2.75) is 33.2 Å². The lowest BCUT2D eigenvalue weighted by Crippen LogP contribution is -2.16. The summed E-state index contributed by atoms with van der Waals surface area (Å²) in [6.45, 7) is 4.45. The molecule has 0 saturated carbocycles. The van der Waals surface area contributed by atoms with E-state index in [0.717, 1.165) is 44.5 Å². The number of esters is 1. The highest BCUT2D eigenvalue weighted by atomic mass is 79.9. The molecule has 2 aliphatic rings. The highest BCUT2D eigenvalue weighted by Crippen LogP contribution is 2.48. The Morgan fingerprint density at radius 1 is 1.22 bits per heavy atom. The molecule has 0 radical (unpaired) electrons. The number of nitrogen functional groups attached to an aromatic ring is 1. The SMILES string of the molecule is CCCc1nc(Cl)c(C(=O)OCC)n1Cc1c2ccocc-2c(Br)c1-c1ccccc1N. The van der Waals surface area contributed by atoms with Crippen LogP contribution in [0.2, 0.25) is 5.15 Å². The maximum atomic E-state index is 12.8. The van der Waals surface area contributed by atoms with Crippen LogP contribution < -0.4 is 5.73 Å². The van der Waals surface area contributed by atoms with Gasteiger partial charge in [-0.1, -0.05) is 36.7 Å². The van der Waals surface area contributed by atoms with Gasteiger partial charge in [0.25, 0.3) is 0 Å². The summed E-state index contributed by atoms with van der Waals surface area (Å²) in [5, 5.41) is 0.151. The van der Waals surface area contributed by atoms with Crippen LogP contribution in [0.25, 0.3) is 22.3 Å². The zero-order chi connectivity index (χ0) is 22.8. The zero-order valence-corrected chi connectivity index (χ0v) is 20.2. The van der Waals surface area contributed by atoms with Gasteiger partial charge in [-0.25, -0.2) is 9.78 Å². The average Bonchev–Trinajstić information content (AvgIpc) is 3.23. The molecule has 0 spiro atoms. The molecule has 0 fully saturated rings. The van der Waals surface area contributed by atoms with Gasteiger partial charge in [0, 0.05) is 33.3 Å². The van der Waals surface area contributed by atoms with E-state index in [1.807, 2.05) is 34.9 Å². The lowest BCUT2D eigenvalue weighted by molar-refractivity contribution is 0.0514. The second kappa shape index (κ2) is 9.38. The fourth-order valence-electron chi connectivity index (χ4n) is 3.98. The van der Waals surface area contributed by atoms with E-state index < -0.39 is 5.97 Å². The van der Waals surface area contributed by atoms with E-state index in [9.17, 15) is 4.79 Å².